The number of primary amides is 1. The van der Waals surface area contributed by atoms with Gasteiger partial charge < -0.3 is 30.8 Å². The molecule has 5 unspecified atom stereocenters. The van der Waals surface area contributed by atoms with Gasteiger partial charge in [0.15, 0.2) is 11.5 Å². The number of allylic oxidation sites excluding steroid dienone is 1. The summed E-state index contributed by atoms with van der Waals surface area (Å²) < 4.78 is 10.8. The summed E-state index contributed by atoms with van der Waals surface area (Å²) in [6.07, 6.45) is -0.960. The van der Waals surface area contributed by atoms with Crippen molar-refractivity contribution < 1.29 is 23.9 Å². The van der Waals surface area contributed by atoms with Crippen LogP contribution >= 0.6 is 0 Å². The number of ether oxygens (including phenoxy) is 2. The van der Waals surface area contributed by atoms with Crippen LogP contribution in [0.3, 0.4) is 0 Å². The first-order valence-corrected chi connectivity index (χ1v) is 7.77. The summed E-state index contributed by atoms with van der Waals surface area (Å²) in [7, 11) is 1.51. The Morgan fingerprint density at radius 2 is 2.21 bits per heavy atom. The molecule has 4 rings (SSSR count). The molecule has 1 amide bonds. The summed E-state index contributed by atoms with van der Waals surface area (Å²) in [4.78, 5) is 38.4. The molecule has 5 atom stereocenters. The summed E-state index contributed by atoms with van der Waals surface area (Å²) in [5.74, 6) is -2.21. The van der Waals surface area contributed by atoms with E-state index in [1.807, 2.05) is 4.90 Å². The topological polar surface area (TPSA) is 145 Å². The van der Waals surface area contributed by atoms with E-state index < -0.39 is 29.4 Å². The fourth-order valence-corrected chi connectivity index (χ4v) is 4.39. The lowest BCUT2D eigenvalue weighted by Gasteiger charge is -2.39. The van der Waals surface area contributed by atoms with Crippen molar-refractivity contribution in [3.8, 4) is 0 Å². The zero-order chi connectivity index (χ0) is 17.4. The van der Waals surface area contributed by atoms with Gasteiger partial charge in [-0.05, 0) is 6.92 Å². The average Bonchev–Trinajstić information content (AvgIpc) is 3.16. The number of nitrogens with zero attached hydrogens (tertiary/aromatic N) is 1. The van der Waals surface area contributed by atoms with Gasteiger partial charge in [0, 0.05) is 25.3 Å². The molecule has 3 aliphatic heterocycles. The number of rotatable bonds is 3. The predicted molar refractivity (Wildman–Crippen MR) is 80.1 cm³/mol. The number of carbonyl (C=O) groups is 3. The fraction of sp³-hybridized carbons (Fsp3) is 0.600. The number of nitrogens with one attached hydrogen (secondary N) is 2. The van der Waals surface area contributed by atoms with Gasteiger partial charge in [-0.2, -0.15) is 0 Å². The minimum absolute atomic E-state index is 0.0698. The van der Waals surface area contributed by atoms with Crippen LogP contribution in [0.15, 0.2) is 11.3 Å². The summed E-state index contributed by atoms with van der Waals surface area (Å²) in [6, 6.07) is 0.0920. The molecule has 0 aromatic heterocycles. The smallest absolute Gasteiger partial charge is 0.404 e. The molecular formula is C15H18N4O5. The molecule has 2 saturated heterocycles. The van der Waals surface area contributed by atoms with E-state index in [4.69, 9.17) is 20.6 Å². The van der Waals surface area contributed by atoms with Crippen LogP contribution in [0.25, 0.3) is 0 Å². The highest BCUT2D eigenvalue weighted by Gasteiger charge is 2.73. The second-order valence-corrected chi connectivity index (χ2v) is 6.59. The van der Waals surface area contributed by atoms with Crippen LogP contribution in [0.1, 0.15) is 6.92 Å². The summed E-state index contributed by atoms with van der Waals surface area (Å²) in [5.41, 5.74) is 4.37. The van der Waals surface area contributed by atoms with Crippen molar-refractivity contribution in [1.82, 2.24) is 10.2 Å². The third-order valence-corrected chi connectivity index (χ3v) is 5.57. The van der Waals surface area contributed by atoms with Crippen LogP contribution in [-0.4, -0.2) is 66.3 Å². The molecule has 0 spiro atoms. The highest BCUT2D eigenvalue weighted by molar-refractivity contribution is 6.52. The highest BCUT2D eigenvalue weighted by atomic mass is 16.6. The van der Waals surface area contributed by atoms with Gasteiger partial charge in [0.05, 0.1) is 29.3 Å². The minimum Gasteiger partial charge on any atom is -0.449 e. The molecule has 1 aliphatic carbocycles. The van der Waals surface area contributed by atoms with Gasteiger partial charge in [-0.1, -0.05) is 0 Å². The van der Waals surface area contributed by atoms with Gasteiger partial charge in [0.2, 0.25) is 5.78 Å². The monoisotopic (exact) mass is 334 g/mol. The van der Waals surface area contributed by atoms with E-state index >= 15 is 0 Å². The zero-order valence-corrected chi connectivity index (χ0v) is 13.3. The molecule has 3 heterocycles. The first kappa shape index (κ1) is 15.3. The lowest BCUT2D eigenvalue weighted by atomic mass is 9.79. The van der Waals surface area contributed by atoms with Crippen LogP contribution in [0.4, 0.5) is 4.79 Å². The first-order chi connectivity index (χ1) is 11.3. The van der Waals surface area contributed by atoms with Crippen molar-refractivity contribution in [1.29, 1.82) is 5.41 Å². The summed E-state index contributed by atoms with van der Waals surface area (Å²) in [6.45, 7) is 1.91. The van der Waals surface area contributed by atoms with Crippen LogP contribution in [0, 0.1) is 17.2 Å². The molecule has 0 aromatic carbocycles. The summed E-state index contributed by atoms with van der Waals surface area (Å²) >= 11 is 0. The number of nitrogens with two attached hydrogens (primary N) is 1. The molecule has 9 nitrogen and oxygen atoms in total. The third kappa shape index (κ3) is 1.60. The molecule has 4 aliphatic rings. The molecule has 2 fully saturated rings. The lowest BCUT2D eigenvalue weighted by Crippen LogP contribution is -2.55. The van der Waals surface area contributed by atoms with Gasteiger partial charge in [-0.25, -0.2) is 4.79 Å². The predicted octanol–water partition coefficient (Wildman–Crippen LogP) is -1.23. The number of ketones is 2. The number of piperazine rings is 1. The molecule has 128 valence electrons. The van der Waals surface area contributed by atoms with Crippen LogP contribution in [0.5, 0.6) is 0 Å². The van der Waals surface area contributed by atoms with Gasteiger partial charge in [0.1, 0.15) is 6.61 Å². The maximum atomic E-state index is 12.8. The second-order valence-electron chi connectivity index (χ2n) is 6.59. The van der Waals surface area contributed by atoms with Crippen molar-refractivity contribution >= 4 is 23.4 Å². The SMILES string of the molecule is COC12C(COC(N)=O)C3=C(C(=O)C(C)C(=N)C3=O)N1CC1NC12. The van der Waals surface area contributed by atoms with E-state index in [0.29, 0.717) is 12.2 Å². The van der Waals surface area contributed by atoms with E-state index in [2.05, 4.69) is 5.32 Å². The zero-order valence-electron chi connectivity index (χ0n) is 13.3. The molecule has 0 saturated carbocycles. The van der Waals surface area contributed by atoms with E-state index in [0.717, 1.165) is 0 Å². The lowest BCUT2D eigenvalue weighted by molar-refractivity contribution is -0.138. The molecule has 24 heavy (non-hydrogen) atoms. The largest absolute Gasteiger partial charge is 0.449 e. The van der Waals surface area contributed by atoms with Gasteiger partial charge in [-0.3, -0.25) is 9.59 Å². The molecule has 9 heteroatoms. The fourth-order valence-electron chi connectivity index (χ4n) is 4.39. The number of fused-ring (bicyclic) bond motifs is 4. The number of carbonyl (C=O) groups excluding carboxylic acids is 3. The van der Waals surface area contributed by atoms with Crippen molar-refractivity contribution in [3.05, 3.63) is 11.3 Å². The van der Waals surface area contributed by atoms with Gasteiger partial charge >= 0.3 is 6.09 Å². The Kier molecular flexibility index (Phi) is 2.95. The summed E-state index contributed by atoms with van der Waals surface area (Å²) in [5, 5.41) is 11.2. The standard InChI is InChI=1S/C15H18N4O5/c1-5-9(16)12(21)8-6(4-24-14(17)22)15(23-2)13-7(18-13)3-19(15)10(8)11(5)20/h5-7,13,16,18H,3-4H2,1-2H3,(H2,17,22). The van der Waals surface area contributed by atoms with Crippen molar-refractivity contribution in [2.75, 3.05) is 20.3 Å². The number of hydrogen-bond acceptors (Lipinski definition) is 8. The van der Waals surface area contributed by atoms with Crippen LogP contribution in [0.2, 0.25) is 0 Å². The molecular weight excluding hydrogens is 316 g/mol. The Morgan fingerprint density at radius 3 is 2.83 bits per heavy atom. The van der Waals surface area contributed by atoms with Crippen molar-refractivity contribution in [2.45, 2.75) is 24.7 Å². The third-order valence-electron chi connectivity index (χ3n) is 5.57. The van der Waals surface area contributed by atoms with Crippen LogP contribution < -0.4 is 11.1 Å². The first-order valence-electron chi connectivity index (χ1n) is 7.77. The Balaban J connectivity index is 1.85. The minimum atomic E-state index is -0.972. The second kappa shape index (κ2) is 4.64. The van der Waals surface area contributed by atoms with E-state index in [1.165, 1.54) is 7.11 Å². The number of hydrogen-bond donors (Lipinski definition) is 3. The number of Topliss-reactive ketones (excluding diaryl/α,β-unsaturated/α-hetero) is 2. The molecule has 0 bridgehead atoms. The molecule has 0 aromatic rings. The Hall–Kier alpha value is -2.26. The van der Waals surface area contributed by atoms with E-state index in [-0.39, 0.29) is 35.8 Å². The van der Waals surface area contributed by atoms with Gasteiger partial charge in [-0.15, -0.1) is 0 Å². The van der Waals surface area contributed by atoms with Crippen LogP contribution in [-0.2, 0) is 19.1 Å². The number of methoxy groups -OCH3 is 1. The maximum absolute atomic E-state index is 12.8. The van der Waals surface area contributed by atoms with E-state index in [1.54, 1.807) is 6.92 Å². The Bertz CT molecular complexity index is 731. The average molecular weight is 334 g/mol. The number of amides is 1. The van der Waals surface area contributed by atoms with Crippen molar-refractivity contribution in [3.63, 3.8) is 0 Å². The molecule has 4 N–H and O–H groups in total. The Labute approximate surface area is 137 Å². The van der Waals surface area contributed by atoms with Gasteiger partial charge in [0.25, 0.3) is 0 Å². The molecule has 0 radical (unpaired) electrons. The normalized spacial score (nSPS) is 39.8. The highest BCUT2D eigenvalue weighted by Crippen LogP contribution is 2.55. The quantitative estimate of drug-likeness (QED) is 0.548. The maximum Gasteiger partial charge on any atom is 0.404 e. The van der Waals surface area contributed by atoms with E-state index in [9.17, 15) is 14.4 Å². The Morgan fingerprint density at radius 1 is 1.50 bits per heavy atom. The van der Waals surface area contributed by atoms with Crippen molar-refractivity contribution in [2.24, 2.45) is 17.6 Å².